The van der Waals surface area contributed by atoms with E-state index in [-0.39, 0.29) is 12.5 Å². The van der Waals surface area contributed by atoms with E-state index < -0.39 is 11.9 Å². The molecule has 0 spiro atoms. The van der Waals surface area contributed by atoms with Crippen LogP contribution in [0.25, 0.3) is 0 Å². The van der Waals surface area contributed by atoms with Crippen molar-refractivity contribution in [2.75, 3.05) is 6.54 Å². The first kappa shape index (κ1) is 10.7. The van der Waals surface area contributed by atoms with Crippen LogP contribution < -0.4 is 0 Å². The van der Waals surface area contributed by atoms with Gasteiger partial charge >= 0.3 is 5.97 Å². The monoisotopic (exact) mass is 219 g/mol. The van der Waals surface area contributed by atoms with Crippen molar-refractivity contribution in [3.63, 3.8) is 0 Å². The van der Waals surface area contributed by atoms with Gasteiger partial charge in [-0.1, -0.05) is 24.3 Å². The summed E-state index contributed by atoms with van der Waals surface area (Å²) in [4.78, 5) is 24.0. The number of benzene rings is 1. The average Bonchev–Trinajstić information content (AvgIpc) is 2.27. The molecule has 16 heavy (non-hydrogen) atoms. The maximum atomic E-state index is 11.3. The Morgan fingerprint density at radius 2 is 2.06 bits per heavy atom. The molecule has 1 amide bonds. The molecule has 0 saturated carbocycles. The number of carbonyl (C=O) groups is 2. The van der Waals surface area contributed by atoms with Crippen LogP contribution in [0.2, 0.25) is 0 Å². The van der Waals surface area contributed by atoms with Crippen molar-refractivity contribution < 1.29 is 14.7 Å². The fourth-order valence-corrected chi connectivity index (χ4v) is 2.06. The van der Waals surface area contributed by atoms with E-state index in [1.54, 1.807) is 4.90 Å². The third-order valence-corrected chi connectivity index (χ3v) is 2.94. The molecule has 0 aliphatic carbocycles. The van der Waals surface area contributed by atoms with Crippen LogP contribution in [0.15, 0.2) is 24.3 Å². The second-order valence-electron chi connectivity index (χ2n) is 3.99. The molecule has 0 radical (unpaired) electrons. The topological polar surface area (TPSA) is 57.6 Å². The van der Waals surface area contributed by atoms with Crippen LogP contribution in [0.5, 0.6) is 0 Å². The van der Waals surface area contributed by atoms with Crippen molar-refractivity contribution in [1.29, 1.82) is 0 Å². The molecular formula is C12H13NO3. The molecule has 0 fully saturated rings. The molecule has 1 aliphatic heterocycles. The zero-order valence-corrected chi connectivity index (χ0v) is 9.01. The molecule has 84 valence electrons. The largest absolute Gasteiger partial charge is 0.481 e. The lowest BCUT2D eigenvalue weighted by Gasteiger charge is -2.32. The summed E-state index contributed by atoms with van der Waals surface area (Å²) >= 11 is 0. The molecule has 1 unspecified atom stereocenters. The molecule has 1 aliphatic rings. The van der Waals surface area contributed by atoms with Crippen LogP contribution in [0.1, 0.15) is 24.0 Å². The Labute approximate surface area is 93.5 Å². The lowest BCUT2D eigenvalue weighted by molar-refractivity contribution is -0.141. The third-order valence-electron chi connectivity index (χ3n) is 2.94. The third kappa shape index (κ3) is 1.78. The van der Waals surface area contributed by atoms with Crippen molar-refractivity contribution in [3.8, 4) is 0 Å². The molecule has 4 nitrogen and oxygen atoms in total. The summed E-state index contributed by atoms with van der Waals surface area (Å²) < 4.78 is 0. The SMILES string of the molecule is CC(=O)N1Cc2ccccc2C(C(=O)O)C1. The Morgan fingerprint density at radius 3 is 2.69 bits per heavy atom. The van der Waals surface area contributed by atoms with Crippen molar-refractivity contribution in [2.24, 2.45) is 0 Å². The van der Waals surface area contributed by atoms with Crippen LogP contribution in [0, 0.1) is 0 Å². The lowest BCUT2D eigenvalue weighted by Crippen LogP contribution is -2.39. The highest BCUT2D eigenvalue weighted by Crippen LogP contribution is 2.28. The Kier molecular flexibility index (Phi) is 2.64. The highest BCUT2D eigenvalue weighted by Gasteiger charge is 2.30. The van der Waals surface area contributed by atoms with Gasteiger partial charge in [0.15, 0.2) is 0 Å². The van der Waals surface area contributed by atoms with Gasteiger partial charge in [-0.3, -0.25) is 9.59 Å². The van der Waals surface area contributed by atoms with Crippen molar-refractivity contribution in [3.05, 3.63) is 35.4 Å². The van der Waals surface area contributed by atoms with Crippen molar-refractivity contribution in [1.82, 2.24) is 4.90 Å². The number of amides is 1. The Morgan fingerprint density at radius 1 is 1.38 bits per heavy atom. The Hall–Kier alpha value is -1.84. The molecule has 1 atom stereocenters. The fraction of sp³-hybridized carbons (Fsp3) is 0.333. The molecule has 0 bridgehead atoms. The molecular weight excluding hydrogens is 206 g/mol. The first-order chi connectivity index (χ1) is 7.59. The van der Waals surface area contributed by atoms with Crippen molar-refractivity contribution in [2.45, 2.75) is 19.4 Å². The normalized spacial score (nSPS) is 19.1. The summed E-state index contributed by atoms with van der Waals surface area (Å²) in [7, 11) is 0. The molecule has 0 aromatic heterocycles. The average molecular weight is 219 g/mol. The predicted octanol–water partition coefficient (Wildman–Crippen LogP) is 1.22. The lowest BCUT2D eigenvalue weighted by atomic mass is 9.90. The summed E-state index contributed by atoms with van der Waals surface area (Å²) in [6.45, 7) is 2.24. The number of carboxylic acids is 1. The highest BCUT2D eigenvalue weighted by atomic mass is 16.4. The summed E-state index contributed by atoms with van der Waals surface area (Å²) in [5, 5.41) is 9.15. The quantitative estimate of drug-likeness (QED) is 0.772. The van der Waals surface area contributed by atoms with E-state index in [0.29, 0.717) is 6.54 Å². The van der Waals surface area contributed by atoms with Gasteiger partial charge in [0.1, 0.15) is 0 Å². The van der Waals surface area contributed by atoms with Crippen LogP contribution in [0.3, 0.4) is 0 Å². The minimum Gasteiger partial charge on any atom is -0.481 e. The van der Waals surface area contributed by atoms with Gasteiger partial charge < -0.3 is 10.0 Å². The van der Waals surface area contributed by atoms with Gasteiger partial charge in [-0.05, 0) is 11.1 Å². The Bertz CT molecular complexity index is 442. The first-order valence-corrected chi connectivity index (χ1v) is 5.15. The maximum Gasteiger partial charge on any atom is 0.312 e. The second kappa shape index (κ2) is 3.96. The van der Waals surface area contributed by atoms with E-state index in [9.17, 15) is 9.59 Å². The number of carbonyl (C=O) groups excluding carboxylic acids is 1. The molecule has 1 aromatic carbocycles. The van der Waals surface area contributed by atoms with Gasteiger partial charge in [-0.2, -0.15) is 0 Å². The fourth-order valence-electron chi connectivity index (χ4n) is 2.06. The zero-order chi connectivity index (χ0) is 11.7. The van der Waals surface area contributed by atoms with Gasteiger partial charge in [0.25, 0.3) is 0 Å². The van der Waals surface area contributed by atoms with Gasteiger partial charge in [0.2, 0.25) is 5.91 Å². The van der Waals surface area contributed by atoms with E-state index >= 15 is 0 Å². The standard InChI is InChI=1S/C12H13NO3/c1-8(14)13-6-9-4-2-3-5-10(9)11(7-13)12(15)16/h2-5,11H,6-7H2,1H3,(H,15,16). The van der Waals surface area contributed by atoms with Gasteiger partial charge in [0.05, 0.1) is 5.92 Å². The molecule has 1 heterocycles. The second-order valence-corrected chi connectivity index (χ2v) is 3.99. The minimum atomic E-state index is -0.876. The minimum absolute atomic E-state index is 0.0826. The molecule has 1 aromatic rings. The zero-order valence-electron chi connectivity index (χ0n) is 9.01. The van der Waals surface area contributed by atoms with Crippen molar-refractivity contribution >= 4 is 11.9 Å². The van der Waals surface area contributed by atoms with Gasteiger partial charge in [0, 0.05) is 20.0 Å². The predicted molar refractivity (Wildman–Crippen MR) is 57.9 cm³/mol. The summed E-state index contributed by atoms with van der Waals surface area (Å²) in [6, 6.07) is 7.39. The van der Waals surface area contributed by atoms with Crippen LogP contribution in [-0.4, -0.2) is 28.4 Å². The maximum absolute atomic E-state index is 11.3. The Balaban J connectivity index is 2.41. The van der Waals surface area contributed by atoms with Crippen LogP contribution in [-0.2, 0) is 16.1 Å². The van der Waals surface area contributed by atoms with E-state index in [1.807, 2.05) is 24.3 Å². The molecule has 0 saturated heterocycles. The van der Waals surface area contributed by atoms with E-state index in [1.165, 1.54) is 6.92 Å². The number of aliphatic carboxylic acids is 1. The van der Waals surface area contributed by atoms with Gasteiger partial charge in [-0.15, -0.1) is 0 Å². The highest BCUT2D eigenvalue weighted by molar-refractivity contribution is 5.80. The molecule has 4 heteroatoms. The number of rotatable bonds is 1. The van der Waals surface area contributed by atoms with Crippen LogP contribution >= 0.6 is 0 Å². The molecule has 1 N–H and O–H groups in total. The number of hydrogen-bond acceptors (Lipinski definition) is 2. The van der Waals surface area contributed by atoms with E-state index in [2.05, 4.69) is 0 Å². The number of hydrogen-bond donors (Lipinski definition) is 1. The smallest absolute Gasteiger partial charge is 0.312 e. The summed E-state index contributed by atoms with van der Waals surface area (Å²) in [5.41, 5.74) is 1.75. The first-order valence-electron chi connectivity index (χ1n) is 5.15. The molecule has 2 rings (SSSR count). The van der Waals surface area contributed by atoms with E-state index in [4.69, 9.17) is 5.11 Å². The summed E-state index contributed by atoms with van der Waals surface area (Å²) in [5.74, 6) is -1.56. The number of nitrogens with zero attached hydrogens (tertiary/aromatic N) is 1. The number of fused-ring (bicyclic) bond motifs is 1. The number of carboxylic acid groups (broad SMARTS) is 1. The van der Waals surface area contributed by atoms with Crippen LogP contribution in [0.4, 0.5) is 0 Å². The summed E-state index contributed by atoms with van der Waals surface area (Å²) in [6.07, 6.45) is 0. The van der Waals surface area contributed by atoms with Gasteiger partial charge in [-0.25, -0.2) is 0 Å². The van der Waals surface area contributed by atoms with E-state index in [0.717, 1.165) is 11.1 Å².